The molecule has 170 valence electrons. The highest BCUT2D eigenvalue weighted by Crippen LogP contribution is 2.31. The molecule has 2 aromatic rings. The largest absolute Gasteiger partial charge is 0.490 e. The van der Waals surface area contributed by atoms with E-state index in [1.54, 1.807) is 12.1 Å². The van der Waals surface area contributed by atoms with Crippen molar-refractivity contribution >= 4 is 9.84 Å². The topological polar surface area (TPSA) is 98.2 Å². The van der Waals surface area contributed by atoms with Crippen molar-refractivity contribution in [2.45, 2.75) is 51.5 Å². The maximum Gasteiger partial charge on any atom is 0.328 e. The fourth-order valence-electron chi connectivity index (χ4n) is 3.39. The molecule has 7 nitrogen and oxygen atoms in total. The molecule has 0 aliphatic heterocycles. The Hall–Kier alpha value is -2.42. The molecule has 0 bridgehead atoms. The SMILES string of the molecule is C[C@@H](CS(=O)(=O)CCCCCn1ccc(=O)[nH]c1=O)c1ccc(F)c(OCC2CC2)c1. The van der Waals surface area contributed by atoms with E-state index in [1.807, 2.05) is 6.92 Å². The van der Waals surface area contributed by atoms with E-state index in [-0.39, 0.29) is 23.2 Å². The lowest BCUT2D eigenvalue weighted by Crippen LogP contribution is -2.28. The van der Waals surface area contributed by atoms with Gasteiger partial charge in [-0.3, -0.25) is 9.78 Å². The number of sulfone groups is 1. The van der Waals surface area contributed by atoms with Crippen LogP contribution in [0.1, 0.15) is 50.5 Å². The van der Waals surface area contributed by atoms with Gasteiger partial charge in [0.1, 0.15) is 0 Å². The molecule has 1 aliphatic rings. The van der Waals surface area contributed by atoms with Crippen LogP contribution in [0.2, 0.25) is 0 Å². The maximum absolute atomic E-state index is 14.0. The Labute approximate surface area is 181 Å². The Kier molecular flexibility index (Phi) is 7.69. The predicted octanol–water partition coefficient (Wildman–Crippen LogP) is 2.85. The second kappa shape index (κ2) is 10.3. The lowest BCUT2D eigenvalue weighted by atomic mass is 10.0. The average molecular weight is 453 g/mol. The fourth-order valence-corrected chi connectivity index (χ4v) is 5.16. The van der Waals surface area contributed by atoms with Gasteiger partial charge in [0.05, 0.1) is 18.1 Å². The van der Waals surface area contributed by atoms with E-state index >= 15 is 0 Å². The zero-order chi connectivity index (χ0) is 22.4. The molecule has 1 aromatic carbocycles. The van der Waals surface area contributed by atoms with Crippen molar-refractivity contribution in [1.82, 2.24) is 9.55 Å². The Bertz CT molecular complexity index is 1110. The predicted molar refractivity (Wildman–Crippen MR) is 117 cm³/mol. The summed E-state index contributed by atoms with van der Waals surface area (Å²) >= 11 is 0. The number of benzene rings is 1. The smallest absolute Gasteiger partial charge is 0.328 e. The van der Waals surface area contributed by atoms with Crippen LogP contribution in [0.25, 0.3) is 0 Å². The Morgan fingerprint density at radius 3 is 2.68 bits per heavy atom. The third-order valence-corrected chi connectivity index (χ3v) is 7.37. The van der Waals surface area contributed by atoms with E-state index in [0.717, 1.165) is 18.4 Å². The molecule has 1 aliphatic carbocycles. The normalized spacial score (nSPS) is 15.0. The highest BCUT2D eigenvalue weighted by molar-refractivity contribution is 7.91. The number of nitrogens with zero attached hydrogens (tertiary/aromatic N) is 1. The molecule has 1 fully saturated rings. The van der Waals surface area contributed by atoms with Crippen LogP contribution in [0.3, 0.4) is 0 Å². The monoisotopic (exact) mass is 452 g/mol. The molecule has 1 aromatic heterocycles. The molecule has 31 heavy (non-hydrogen) atoms. The number of rotatable bonds is 12. The molecular weight excluding hydrogens is 423 g/mol. The van der Waals surface area contributed by atoms with Crippen LogP contribution in [0, 0.1) is 11.7 Å². The third-order valence-electron chi connectivity index (χ3n) is 5.45. The number of halogens is 1. The van der Waals surface area contributed by atoms with E-state index in [1.165, 1.54) is 22.9 Å². The minimum atomic E-state index is -3.28. The standard InChI is InChI=1S/C22H29FN2O5S/c1-16(18-7-8-19(23)20(13-18)30-14-17-5-6-17)15-31(28,29)12-4-2-3-10-25-11-9-21(26)24-22(25)27/h7-9,11,13,16-17H,2-6,10,12,14-15H2,1H3,(H,24,26,27)/t16-/m0/s1. The summed E-state index contributed by atoms with van der Waals surface area (Å²) in [6, 6.07) is 5.84. The van der Waals surface area contributed by atoms with Crippen molar-refractivity contribution in [3.63, 3.8) is 0 Å². The highest BCUT2D eigenvalue weighted by Gasteiger charge is 2.23. The van der Waals surface area contributed by atoms with Crippen molar-refractivity contribution < 1.29 is 17.5 Å². The summed E-state index contributed by atoms with van der Waals surface area (Å²) in [5.41, 5.74) is -0.161. The molecule has 1 saturated carbocycles. The van der Waals surface area contributed by atoms with E-state index in [9.17, 15) is 22.4 Å². The minimum absolute atomic E-state index is 0.0138. The number of hydrogen-bond donors (Lipinski definition) is 1. The van der Waals surface area contributed by atoms with Gasteiger partial charge in [-0.2, -0.15) is 0 Å². The number of unbranched alkanes of at least 4 members (excludes halogenated alkanes) is 2. The summed E-state index contributed by atoms with van der Waals surface area (Å²) in [6.45, 7) is 2.74. The van der Waals surface area contributed by atoms with Gasteiger partial charge in [0.15, 0.2) is 21.4 Å². The quantitative estimate of drug-likeness (QED) is 0.500. The van der Waals surface area contributed by atoms with Gasteiger partial charge in [-0.25, -0.2) is 17.6 Å². The van der Waals surface area contributed by atoms with Crippen LogP contribution in [-0.4, -0.2) is 36.1 Å². The molecule has 1 heterocycles. The first-order valence-electron chi connectivity index (χ1n) is 10.7. The van der Waals surface area contributed by atoms with Crippen LogP contribution in [0.15, 0.2) is 40.1 Å². The maximum atomic E-state index is 14.0. The number of aryl methyl sites for hydroxylation is 1. The molecule has 0 saturated heterocycles. The third kappa shape index (κ3) is 7.34. The summed E-state index contributed by atoms with van der Waals surface area (Å²) < 4.78 is 45.9. The number of aromatic amines is 1. The van der Waals surface area contributed by atoms with Gasteiger partial charge in [0, 0.05) is 18.8 Å². The summed E-state index contributed by atoms with van der Waals surface area (Å²) in [4.78, 5) is 24.9. The molecule has 0 radical (unpaired) electrons. The average Bonchev–Trinajstić information content (AvgIpc) is 3.52. The van der Waals surface area contributed by atoms with E-state index in [0.29, 0.717) is 38.3 Å². The van der Waals surface area contributed by atoms with E-state index in [2.05, 4.69) is 4.98 Å². The van der Waals surface area contributed by atoms with Gasteiger partial charge in [0.2, 0.25) is 0 Å². The van der Waals surface area contributed by atoms with Crippen molar-refractivity contribution in [3.05, 3.63) is 62.7 Å². The van der Waals surface area contributed by atoms with Crippen molar-refractivity contribution in [1.29, 1.82) is 0 Å². The molecule has 1 atom stereocenters. The first kappa shape index (κ1) is 23.2. The summed E-state index contributed by atoms with van der Waals surface area (Å²) in [6.07, 6.45) is 5.43. The van der Waals surface area contributed by atoms with Gasteiger partial charge < -0.3 is 9.30 Å². The van der Waals surface area contributed by atoms with E-state index in [4.69, 9.17) is 4.74 Å². The van der Waals surface area contributed by atoms with Crippen LogP contribution in [-0.2, 0) is 16.4 Å². The van der Waals surface area contributed by atoms with Gasteiger partial charge >= 0.3 is 5.69 Å². The van der Waals surface area contributed by atoms with Crippen LogP contribution < -0.4 is 16.0 Å². The Balaban J connectivity index is 1.45. The van der Waals surface area contributed by atoms with Gasteiger partial charge in [-0.1, -0.05) is 19.4 Å². The van der Waals surface area contributed by atoms with Crippen molar-refractivity contribution in [2.24, 2.45) is 5.92 Å². The number of nitrogens with one attached hydrogen (secondary N) is 1. The Morgan fingerprint density at radius 2 is 1.97 bits per heavy atom. The second-order valence-corrected chi connectivity index (χ2v) is 10.6. The zero-order valence-electron chi connectivity index (χ0n) is 17.7. The summed E-state index contributed by atoms with van der Waals surface area (Å²) in [5, 5.41) is 0. The zero-order valence-corrected chi connectivity index (χ0v) is 18.5. The molecule has 9 heteroatoms. The lowest BCUT2D eigenvalue weighted by molar-refractivity contribution is 0.285. The van der Waals surface area contributed by atoms with Crippen molar-refractivity contribution in [2.75, 3.05) is 18.1 Å². The number of aromatic nitrogens is 2. The molecular formula is C22H29FN2O5S. The van der Waals surface area contributed by atoms with Gasteiger partial charge in [0.25, 0.3) is 5.56 Å². The second-order valence-electron chi connectivity index (χ2n) is 8.32. The number of hydrogen-bond acceptors (Lipinski definition) is 5. The first-order chi connectivity index (χ1) is 14.7. The number of ether oxygens (including phenoxy) is 1. The lowest BCUT2D eigenvalue weighted by Gasteiger charge is -2.15. The molecule has 0 amide bonds. The minimum Gasteiger partial charge on any atom is -0.490 e. The van der Waals surface area contributed by atoms with Gasteiger partial charge in [-0.05, 0) is 55.2 Å². The Morgan fingerprint density at radius 1 is 1.19 bits per heavy atom. The highest BCUT2D eigenvalue weighted by atomic mass is 32.2. The molecule has 3 rings (SSSR count). The number of H-pyrrole nitrogens is 1. The van der Waals surface area contributed by atoms with Gasteiger partial charge in [-0.15, -0.1) is 0 Å². The summed E-state index contributed by atoms with van der Waals surface area (Å²) in [5.74, 6) is 0.0361. The van der Waals surface area contributed by atoms with Crippen LogP contribution in [0.5, 0.6) is 5.75 Å². The van der Waals surface area contributed by atoms with E-state index < -0.39 is 26.9 Å². The molecule has 1 N–H and O–H groups in total. The molecule has 0 unspecified atom stereocenters. The fraction of sp³-hybridized carbons (Fsp3) is 0.545. The summed E-state index contributed by atoms with van der Waals surface area (Å²) in [7, 11) is -3.28. The van der Waals surface area contributed by atoms with Crippen LogP contribution in [0.4, 0.5) is 4.39 Å². The van der Waals surface area contributed by atoms with Crippen LogP contribution >= 0.6 is 0 Å². The molecule has 0 spiro atoms. The van der Waals surface area contributed by atoms with Crippen molar-refractivity contribution in [3.8, 4) is 5.75 Å². The first-order valence-corrected chi connectivity index (χ1v) is 12.5.